The lowest BCUT2D eigenvalue weighted by atomic mass is 10.2. The van der Waals surface area contributed by atoms with Gasteiger partial charge in [-0.05, 0) is 18.6 Å². The highest BCUT2D eigenvalue weighted by atomic mass is 16.5. The average molecular weight is 194 g/mol. The van der Waals surface area contributed by atoms with Crippen molar-refractivity contribution in [2.24, 2.45) is 0 Å². The van der Waals surface area contributed by atoms with Crippen molar-refractivity contribution in [1.82, 2.24) is 0 Å². The number of rotatable bonds is 4. The lowest BCUT2D eigenvalue weighted by Crippen LogP contribution is -1.96. The van der Waals surface area contributed by atoms with Crippen LogP contribution in [0.25, 0.3) is 0 Å². The summed E-state index contributed by atoms with van der Waals surface area (Å²) >= 11 is 0. The van der Waals surface area contributed by atoms with E-state index in [-0.39, 0.29) is 0 Å². The second kappa shape index (κ2) is 5.27. The van der Waals surface area contributed by atoms with Crippen LogP contribution in [0.15, 0.2) is 35.6 Å². The van der Waals surface area contributed by atoms with E-state index in [1.54, 1.807) is 24.3 Å². The highest BCUT2D eigenvalue weighted by molar-refractivity contribution is 5.90. The minimum atomic E-state index is -0.908. The van der Waals surface area contributed by atoms with Crippen LogP contribution in [-0.4, -0.2) is 17.7 Å². The quantitative estimate of drug-likeness (QED) is 0.746. The van der Waals surface area contributed by atoms with E-state index in [9.17, 15) is 4.79 Å². The molecule has 0 amide bonds. The zero-order chi connectivity index (χ0) is 10.4. The van der Waals surface area contributed by atoms with Crippen LogP contribution in [0, 0.1) is 0 Å². The molecule has 0 spiro atoms. The van der Waals surface area contributed by atoms with E-state index in [0.717, 1.165) is 12.2 Å². The second-order valence-corrected chi connectivity index (χ2v) is 3.02. The molecule has 0 saturated heterocycles. The summed E-state index contributed by atoms with van der Waals surface area (Å²) < 4.78 is 5.41. The van der Waals surface area contributed by atoms with Gasteiger partial charge in [-0.3, -0.25) is 0 Å². The highest BCUT2D eigenvalue weighted by Crippen LogP contribution is 2.12. The lowest BCUT2D eigenvalue weighted by molar-refractivity contribution is -0.132. The predicted molar refractivity (Wildman–Crippen MR) is 53.8 cm³/mol. The predicted octanol–water partition coefficient (Wildman–Crippen LogP) is 2.27. The number of carboxylic acids is 1. The van der Waals surface area contributed by atoms with E-state index < -0.39 is 5.97 Å². The monoisotopic (exact) mass is 194 g/mol. The minimum Gasteiger partial charge on any atom is -0.498 e. The zero-order valence-corrected chi connectivity index (χ0v) is 8.19. The van der Waals surface area contributed by atoms with Crippen LogP contribution in [0.2, 0.25) is 0 Å². The van der Waals surface area contributed by atoms with Crippen molar-refractivity contribution in [3.05, 3.63) is 35.6 Å². The summed E-state index contributed by atoms with van der Waals surface area (Å²) in [5.74, 6) is -0.0893. The number of ether oxygens (including phenoxy) is 1. The lowest BCUT2D eigenvalue weighted by Gasteiger charge is -2.05. The van der Waals surface area contributed by atoms with Crippen molar-refractivity contribution in [1.29, 1.82) is 0 Å². The number of carbonyl (C=O) groups is 1. The number of aliphatic carboxylic acids is 1. The molecule has 14 heavy (non-hydrogen) atoms. The molecule has 0 atom stereocenters. The molecule has 0 bridgehead atoms. The first-order valence-electron chi connectivity index (χ1n) is 4.67. The molecule has 0 aromatic heterocycles. The summed E-state index contributed by atoms with van der Waals surface area (Å²) in [5.41, 5.74) is 0.292. The third-order valence-electron chi connectivity index (χ3n) is 1.80. The third kappa shape index (κ3) is 3.09. The molecule has 0 heterocycles. The van der Waals surface area contributed by atoms with Crippen molar-refractivity contribution < 1.29 is 14.6 Å². The summed E-state index contributed by atoms with van der Waals surface area (Å²) in [6, 6.07) is 0. The van der Waals surface area contributed by atoms with E-state index >= 15 is 0 Å². The summed E-state index contributed by atoms with van der Waals surface area (Å²) in [6.45, 7) is 2.71. The second-order valence-electron chi connectivity index (χ2n) is 3.02. The fourth-order valence-corrected chi connectivity index (χ4v) is 1.09. The Labute approximate surface area is 83.4 Å². The van der Waals surface area contributed by atoms with Crippen LogP contribution in [0.1, 0.15) is 19.8 Å². The van der Waals surface area contributed by atoms with Gasteiger partial charge in [0, 0.05) is 6.42 Å². The van der Waals surface area contributed by atoms with Crippen molar-refractivity contribution in [3.63, 3.8) is 0 Å². The largest absolute Gasteiger partial charge is 0.498 e. The van der Waals surface area contributed by atoms with E-state index in [0.29, 0.717) is 18.6 Å². The Morgan fingerprint density at radius 3 is 3.00 bits per heavy atom. The normalized spacial score (nSPS) is 15.5. The van der Waals surface area contributed by atoms with E-state index in [2.05, 4.69) is 0 Å². The molecular weight excluding hydrogens is 180 g/mol. The van der Waals surface area contributed by atoms with E-state index in [1.165, 1.54) is 0 Å². The van der Waals surface area contributed by atoms with Gasteiger partial charge in [-0.1, -0.05) is 19.1 Å². The summed E-state index contributed by atoms with van der Waals surface area (Å²) in [4.78, 5) is 10.6. The molecule has 0 unspecified atom stereocenters. The zero-order valence-electron chi connectivity index (χ0n) is 8.19. The molecule has 0 aromatic rings. The fourth-order valence-electron chi connectivity index (χ4n) is 1.09. The molecular formula is C11H14O3. The smallest absolute Gasteiger partial charge is 0.335 e. The van der Waals surface area contributed by atoms with Crippen LogP contribution < -0.4 is 0 Å². The van der Waals surface area contributed by atoms with Crippen molar-refractivity contribution >= 4 is 5.97 Å². The Balaban J connectivity index is 2.65. The van der Waals surface area contributed by atoms with Gasteiger partial charge >= 0.3 is 5.97 Å². The van der Waals surface area contributed by atoms with Gasteiger partial charge in [0.2, 0.25) is 0 Å². The van der Waals surface area contributed by atoms with Crippen molar-refractivity contribution in [3.8, 4) is 0 Å². The molecule has 0 fully saturated rings. The molecule has 3 heteroatoms. The molecule has 3 nitrogen and oxygen atoms in total. The average Bonchev–Trinajstić information content (AvgIpc) is 2.39. The van der Waals surface area contributed by atoms with Gasteiger partial charge in [0.25, 0.3) is 0 Å². The topological polar surface area (TPSA) is 46.5 Å². The van der Waals surface area contributed by atoms with Crippen molar-refractivity contribution in [2.75, 3.05) is 6.61 Å². The minimum absolute atomic E-state index is 0.292. The summed E-state index contributed by atoms with van der Waals surface area (Å²) in [7, 11) is 0. The highest BCUT2D eigenvalue weighted by Gasteiger charge is 2.05. The number of carboxylic acid groups (broad SMARTS) is 1. The Morgan fingerprint density at radius 1 is 1.57 bits per heavy atom. The number of hydrogen-bond acceptors (Lipinski definition) is 2. The number of allylic oxidation sites excluding steroid dienone is 3. The van der Waals surface area contributed by atoms with Gasteiger partial charge in [-0.25, -0.2) is 4.79 Å². The molecule has 1 aliphatic carbocycles. The molecule has 0 aromatic carbocycles. The van der Waals surface area contributed by atoms with Gasteiger partial charge in [0.15, 0.2) is 0 Å². The van der Waals surface area contributed by atoms with Gasteiger partial charge in [-0.15, -0.1) is 0 Å². The van der Waals surface area contributed by atoms with Gasteiger partial charge in [-0.2, -0.15) is 0 Å². The summed E-state index contributed by atoms with van der Waals surface area (Å²) in [5, 5.41) is 8.74. The first-order valence-corrected chi connectivity index (χ1v) is 4.67. The Kier molecular flexibility index (Phi) is 3.98. The molecule has 1 rings (SSSR count). The first-order chi connectivity index (χ1) is 6.74. The van der Waals surface area contributed by atoms with Gasteiger partial charge in [0.1, 0.15) is 0 Å². The Morgan fingerprint density at radius 2 is 2.36 bits per heavy atom. The third-order valence-corrected chi connectivity index (χ3v) is 1.80. The maximum Gasteiger partial charge on any atom is 0.335 e. The maximum absolute atomic E-state index is 10.6. The Hall–Kier alpha value is -1.51. The maximum atomic E-state index is 10.6. The van der Waals surface area contributed by atoms with Gasteiger partial charge in [0.05, 0.1) is 17.9 Å². The van der Waals surface area contributed by atoms with Crippen LogP contribution in [0.5, 0.6) is 0 Å². The van der Waals surface area contributed by atoms with Crippen LogP contribution in [0.4, 0.5) is 0 Å². The molecule has 0 aliphatic heterocycles. The SMILES string of the molecule is CCCOC1=CC=C(C(=O)O)C=CC1. The van der Waals surface area contributed by atoms with Crippen LogP contribution >= 0.6 is 0 Å². The molecule has 1 N–H and O–H groups in total. The molecule has 0 saturated carbocycles. The summed E-state index contributed by atoms with van der Waals surface area (Å²) in [6.07, 6.45) is 8.30. The van der Waals surface area contributed by atoms with Crippen molar-refractivity contribution in [2.45, 2.75) is 19.8 Å². The van der Waals surface area contributed by atoms with Crippen LogP contribution in [-0.2, 0) is 9.53 Å². The standard InChI is InChI=1S/C11H14O3/c1-2-8-14-10-5-3-4-9(6-7-10)11(12)13/h3-4,6-7H,2,5,8H2,1H3,(H,12,13). The fraction of sp³-hybridized carbons (Fsp3) is 0.364. The number of hydrogen-bond donors (Lipinski definition) is 1. The first kappa shape index (κ1) is 10.6. The molecule has 76 valence electrons. The van der Waals surface area contributed by atoms with Gasteiger partial charge < -0.3 is 9.84 Å². The van der Waals surface area contributed by atoms with Crippen LogP contribution in [0.3, 0.4) is 0 Å². The Bertz CT molecular complexity index is 298. The molecule has 1 aliphatic rings. The molecule has 0 radical (unpaired) electrons. The van der Waals surface area contributed by atoms with E-state index in [1.807, 2.05) is 6.92 Å². The van der Waals surface area contributed by atoms with E-state index in [4.69, 9.17) is 9.84 Å².